The summed E-state index contributed by atoms with van der Waals surface area (Å²) in [7, 11) is 0. The van der Waals surface area contributed by atoms with Gasteiger partial charge in [0.25, 0.3) is 17.5 Å². The number of benzene rings is 1. The van der Waals surface area contributed by atoms with E-state index in [9.17, 15) is 24.5 Å². The Balaban J connectivity index is 2.69. The third-order valence-corrected chi connectivity index (χ3v) is 2.37. The van der Waals surface area contributed by atoms with Crippen LogP contribution in [0.4, 0.5) is 11.4 Å². The van der Waals surface area contributed by atoms with Crippen LogP contribution in [-0.2, 0) is 4.79 Å². The lowest BCUT2D eigenvalue weighted by atomic mass is 10.1. The molecule has 0 spiro atoms. The van der Waals surface area contributed by atoms with E-state index < -0.39 is 28.3 Å². The van der Waals surface area contributed by atoms with Crippen LogP contribution in [0.3, 0.4) is 0 Å². The first-order valence-electron chi connectivity index (χ1n) is 4.86. The van der Waals surface area contributed by atoms with Gasteiger partial charge in [-0.2, -0.15) is 0 Å². The van der Waals surface area contributed by atoms with E-state index in [1.54, 1.807) is 0 Å². The molecule has 1 heterocycles. The highest BCUT2D eigenvalue weighted by Gasteiger charge is 2.36. The Hall–Kier alpha value is -2.77. The van der Waals surface area contributed by atoms with Gasteiger partial charge in [-0.15, -0.1) is 0 Å². The standard InChI is InChI=1S/C10H7N3O5/c1-4(14)11-5-2-3-6(13(17)18)8-7(5)9(15)12-10(8)16/h2-3H,1H3,(H,11,14)(H,12,15,16). The average molecular weight is 249 g/mol. The van der Waals surface area contributed by atoms with Gasteiger partial charge in [-0.25, -0.2) is 0 Å². The number of carbonyl (C=O) groups excluding carboxylic acids is 3. The number of rotatable bonds is 2. The number of nitro benzene ring substituents is 1. The van der Waals surface area contributed by atoms with Crippen LogP contribution in [0, 0.1) is 10.1 Å². The van der Waals surface area contributed by atoms with Gasteiger partial charge in [-0.3, -0.25) is 29.8 Å². The summed E-state index contributed by atoms with van der Waals surface area (Å²) >= 11 is 0. The van der Waals surface area contributed by atoms with Crippen molar-refractivity contribution < 1.29 is 19.3 Å². The molecular formula is C10H7N3O5. The van der Waals surface area contributed by atoms with Gasteiger partial charge in [-0.1, -0.05) is 0 Å². The second-order valence-corrected chi connectivity index (χ2v) is 3.60. The summed E-state index contributed by atoms with van der Waals surface area (Å²) < 4.78 is 0. The zero-order valence-corrected chi connectivity index (χ0v) is 9.14. The van der Waals surface area contributed by atoms with Crippen LogP contribution in [0.25, 0.3) is 0 Å². The fourth-order valence-corrected chi connectivity index (χ4v) is 1.73. The Morgan fingerprint density at radius 2 is 1.89 bits per heavy atom. The van der Waals surface area contributed by atoms with Gasteiger partial charge < -0.3 is 5.32 Å². The lowest BCUT2D eigenvalue weighted by Crippen LogP contribution is -2.20. The van der Waals surface area contributed by atoms with Crippen molar-refractivity contribution in [1.82, 2.24) is 5.32 Å². The fourth-order valence-electron chi connectivity index (χ4n) is 1.73. The van der Waals surface area contributed by atoms with E-state index in [2.05, 4.69) is 5.32 Å². The molecule has 0 aromatic heterocycles. The Bertz CT molecular complexity index is 608. The molecule has 1 aromatic rings. The predicted octanol–water partition coefficient (Wildman–Crippen LogP) is 0.437. The third-order valence-electron chi connectivity index (χ3n) is 2.37. The number of carbonyl (C=O) groups is 3. The molecule has 0 atom stereocenters. The summed E-state index contributed by atoms with van der Waals surface area (Å²) in [6.07, 6.45) is 0. The molecular weight excluding hydrogens is 242 g/mol. The molecule has 8 nitrogen and oxygen atoms in total. The number of imide groups is 1. The second kappa shape index (κ2) is 3.91. The van der Waals surface area contributed by atoms with Crippen molar-refractivity contribution in [3.63, 3.8) is 0 Å². The quantitative estimate of drug-likeness (QED) is 0.447. The first-order chi connectivity index (χ1) is 8.41. The van der Waals surface area contributed by atoms with Crippen molar-refractivity contribution in [2.75, 3.05) is 5.32 Å². The van der Waals surface area contributed by atoms with Crippen LogP contribution >= 0.6 is 0 Å². The van der Waals surface area contributed by atoms with Crippen molar-refractivity contribution >= 4 is 29.1 Å². The minimum absolute atomic E-state index is 0.0754. The van der Waals surface area contributed by atoms with Crippen molar-refractivity contribution in [2.45, 2.75) is 6.92 Å². The zero-order valence-electron chi connectivity index (χ0n) is 9.14. The van der Waals surface area contributed by atoms with Crippen molar-refractivity contribution in [1.29, 1.82) is 0 Å². The number of nitrogens with zero attached hydrogens (tertiary/aromatic N) is 1. The van der Waals surface area contributed by atoms with Crippen molar-refractivity contribution in [3.05, 3.63) is 33.4 Å². The van der Waals surface area contributed by atoms with Gasteiger partial charge in [-0.05, 0) is 6.07 Å². The first-order valence-corrected chi connectivity index (χ1v) is 4.86. The highest BCUT2D eigenvalue weighted by Crippen LogP contribution is 2.32. The number of fused-ring (bicyclic) bond motifs is 1. The zero-order chi connectivity index (χ0) is 13.4. The topological polar surface area (TPSA) is 118 Å². The highest BCUT2D eigenvalue weighted by atomic mass is 16.6. The number of nitro groups is 1. The average Bonchev–Trinajstić information content (AvgIpc) is 2.54. The number of anilines is 1. The Morgan fingerprint density at radius 1 is 1.28 bits per heavy atom. The maximum atomic E-state index is 11.5. The Kier molecular flexibility index (Phi) is 2.55. The van der Waals surface area contributed by atoms with Gasteiger partial charge in [0, 0.05) is 13.0 Å². The second-order valence-electron chi connectivity index (χ2n) is 3.60. The number of hydrogen-bond donors (Lipinski definition) is 2. The van der Waals surface area contributed by atoms with Crippen LogP contribution in [-0.4, -0.2) is 22.6 Å². The molecule has 3 amide bonds. The van der Waals surface area contributed by atoms with Gasteiger partial charge in [0.15, 0.2) is 0 Å². The molecule has 2 rings (SSSR count). The van der Waals surface area contributed by atoms with Crippen molar-refractivity contribution in [2.24, 2.45) is 0 Å². The molecule has 0 radical (unpaired) electrons. The van der Waals surface area contributed by atoms with Crippen LogP contribution in [0.5, 0.6) is 0 Å². The van der Waals surface area contributed by atoms with E-state index in [1.165, 1.54) is 13.0 Å². The molecule has 92 valence electrons. The summed E-state index contributed by atoms with van der Waals surface area (Å²) in [6, 6.07) is 2.29. The maximum Gasteiger partial charge on any atom is 0.283 e. The van der Waals surface area contributed by atoms with Gasteiger partial charge >= 0.3 is 0 Å². The molecule has 1 aliphatic rings. The summed E-state index contributed by atoms with van der Waals surface area (Å²) in [5, 5.41) is 15.1. The van der Waals surface area contributed by atoms with Crippen LogP contribution in [0.1, 0.15) is 27.6 Å². The lowest BCUT2D eigenvalue weighted by molar-refractivity contribution is -0.385. The molecule has 0 unspecified atom stereocenters. The van der Waals surface area contributed by atoms with E-state index in [-0.39, 0.29) is 16.8 Å². The number of nitrogens with one attached hydrogen (secondary N) is 2. The fraction of sp³-hybridized carbons (Fsp3) is 0.100. The summed E-state index contributed by atoms with van der Waals surface area (Å²) in [4.78, 5) is 44.0. The monoisotopic (exact) mass is 249 g/mol. The van der Waals surface area contributed by atoms with Crippen LogP contribution in [0.2, 0.25) is 0 Å². The number of amides is 3. The Labute approximate surface area is 100 Å². The van der Waals surface area contributed by atoms with Crippen molar-refractivity contribution in [3.8, 4) is 0 Å². The minimum Gasteiger partial charge on any atom is -0.326 e. The largest absolute Gasteiger partial charge is 0.326 e. The van der Waals surface area contributed by atoms with E-state index >= 15 is 0 Å². The molecule has 0 bridgehead atoms. The molecule has 8 heteroatoms. The summed E-state index contributed by atoms with van der Waals surface area (Å²) in [5.74, 6) is -2.05. The van der Waals surface area contributed by atoms with Gasteiger partial charge in [0.1, 0.15) is 5.56 Å². The molecule has 0 saturated carbocycles. The normalized spacial score (nSPS) is 12.9. The first kappa shape index (κ1) is 11.7. The Morgan fingerprint density at radius 3 is 2.44 bits per heavy atom. The molecule has 0 saturated heterocycles. The maximum absolute atomic E-state index is 11.5. The van der Waals surface area contributed by atoms with Gasteiger partial charge in [0.05, 0.1) is 16.2 Å². The molecule has 18 heavy (non-hydrogen) atoms. The van der Waals surface area contributed by atoms with Crippen LogP contribution in [0.15, 0.2) is 12.1 Å². The minimum atomic E-state index is -0.839. The molecule has 0 fully saturated rings. The molecule has 1 aromatic carbocycles. The summed E-state index contributed by atoms with van der Waals surface area (Å²) in [5.41, 5.74) is -0.894. The SMILES string of the molecule is CC(=O)Nc1ccc([N+](=O)[O-])c2c1C(=O)NC2=O. The number of hydrogen-bond acceptors (Lipinski definition) is 5. The molecule has 0 aliphatic carbocycles. The smallest absolute Gasteiger partial charge is 0.283 e. The molecule has 2 N–H and O–H groups in total. The predicted molar refractivity (Wildman–Crippen MR) is 59.2 cm³/mol. The molecule has 1 aliphatic heterocycles. The van der Waals surface area contributed by atoms with E-state index in [4.69, 9.17) is 0 Å². The van der Waals surface area contributed by atoms with Crippen LogP contribution < -0.4 is 10.6 Å². The van der Waals surface area contributed by atoms with E-state index in [0.29, 0.717) is 0 Å². The third kappa shape index (κ3) is 1.69. The van der Waals surface area contributed by atoms with E-state index in [0.717, 1.165) is 6.07 Å². The highest BCUT2D eigenvalue weighted by molar-refractivity contribution is 6.26. The summed E-state index contributed by atoms with van der Waals surface area (Å²) in [6.45, 7) is 1.22. The van der Waals surface area contributed by atoms with E-state index in [1.807, 2.05) is 5.32 Å². The van der Waals surface area contributed by atoms with Gasteiger partial charge in [0.2, 0.25) is 5.91 Å². The lowest BCUT2D eigenvalue weighted by Gasteiger charge is -2.06.